The van der Waals surface area contributed by atoms with Gasteiger partial charge in [-0.1, -0.05) is 23.7 Å². The third kappa shape index (κ3) is 4.94. The first-order chi connectivity index (χ1) is 11.5. The van der Waals surface area contributed by atoms with E-state index in [2.05, 4.69) is 5.32 Å². The molecule has 0 atom stereocenters. The number of amides is 2. The van der Waals surface area contributed by atoms with E-state index in [4.69, 9.17) is 11.6 Å². The number of thiophene rings is 1. The normalized spacial score (nSPS) is 10.8. The summed E-state index contributed by atoms with van der Waals surface area (Å²) in [4.78, 5) is 26.6. The van der Waals surface area contributed by atoms with Gasteiger partial charge in [-0.2, -0.15) is 0 Å². The summed E-state index contributed by atoms with van der Waals surface area (Å²) >= 11 is 7.41. The number of nitrogens with one attached hydrogen (secondary N) is 1. The van der Waals surface area contributed by atoms with Crippen LogP contribution in [0, 0.1) is 0 Å². The Bertz CT molecular complexity index is 738. The van der Waals surface area contributed by atoms with Gasteiger partial charge in [-0.15, -0.1) is 11.3 Å². The molecule has 0 bridgehead atoms. The second kappa shape index (κ2) is 8.66. The van der Waals surface area contributed by atoms with Crippen molar-refractivity contribution in [3.8, 4) is 0 Å². The summed E-state index contributed by atoms with van der Waals surface area (Å²) in [7, 11) is 1.59. The predicted octanol–water partition coefficient (Wildman–Crippen LogP) is 3.82. The molecule has 0 aliphatic heterocycles. The summed E-state index contributed by atoms with van der Waals surface area (Å²) in [6.45, 7) is 3.11. The monoisotopic (exact) mass is 362 g/mol. The van der Waals surface area contributed by atoms with E-state index in [1.165, 1.54) is 11.3 Å². The Morgan fingerprint density at radius 2 is 1.92 bits per heavy atom. The lowest BCUT2D eigenvalue weighted by molar-refractivity contribution is -0.126. The smallest absolute Gasteiger partial charge is 0.251 e. The molecule has 1 aromatic carbocycles. The Morgan fingerprint density at radius 1 is 1.21 bits per heavy atom. The molecule has 0 fully saturated rings. The fraction of sp³-hybridized carbons (Fsp3) is 0.222. The number of benzene rings is 1. The maximum absolute atomic E-state index is 12.3. The van der Waals surface area contributed by atoms with Gasteiger partial charge < -0.3 is 10.2 Å². The van der Waals surface area contributed by atoms with E-state index < -0.39 is 0 Å². The largest absolute Gasteiger partial charge is 0.355 e. The second-order valence-electron chi connectivity index (χ2n) is 5.09. The van der Waals surface area contributed by atoms with Gasteiger partial charge in [0.25, 0.3) is 5.91 Å². The van der Waals surface area contributed by atoms with Crippen LogP contribution in [0.1, 0.15) is 27.7 Å². The van der Waals surface area contributed by atoms with E-state index in [-0.39, 0.29) is 11.8 Å². The molecule has 0 spiro atoms. The standard InChI is InChI=1S/C18H19ClN2O2S/c1-3-21(12-15-9-10-16(19)24-15)17(22)11-6-13-4-7-14(8-5-13)18(23)20-2/h4-11H,3,12H2,1-2H3,(H,20,23)/b11-6+. The van der Waals surface area contributed by atoms with Crippen LogP contribution in [0.3, 0.4) is 0 Å². The van der Waals surface area contributed by atoms with E-state index in [0.29, 0.717) is 18.7 Å². The lowest BCUT2D eigenvalue weighted by Crippen LogP contribution is -2.28. The van der Waals surface area contributed by atoms with Crippen LogP contribution in [0.15, 0.2) is 42.5 Å². The third-order valence-corrected chi connectivity index (χ3v) is 4.70. The number of carbonyl (C=O) groups excluding carboxylic acids is 2. The van der Waals surface area contributed by atoms with Crippen LogP contribution in [-0.4, -0.2) is 30.3 Å². The molecule has 0 saturated heterocycles. The first kappa shape index (κ1) is 18.2. The number of hydrogen-bond acceptors (Lipinski definition) is 3. The zero-order valence-corrected chi connectivity index (χ0v) is 15.2. The van der Waals surface area contributed by atoms with Gasteiger partial charge in [-0.25, -0.2) is 0 Å². The average molecular weight is 363 g/mol. The lowest BCUT2D eigenvalue weighted by Gasteiger charge is -2.18. The molecule has 2 aromatic rings. The highest BCUT2D eigenvalue weighted by Gasteiger charge is 2.10. The number of carbonyl (C=O) groups is 2. The van der Waals surface area contributed by atoms with Gasteiger partial charge in [0.1, 0.15) is 0 Å². The molecular formula is C18H19ClN2O2S. The SMILES string of the molecule is CCN(Cc1ccc(Cl)s1)C(=O)/C=C/c1ccc(C(=O)NC)cc1. The number of hydrogen-bond donors (Lipinski definition) is 1. The molecule has 1 heterocycles. The van der Waals surface area contributed by atoms with Crippen molar-refractivity contribution < 1.29 is 9.59 Å². The fourth-order valence-electron chi connectivity index (χ4n) is 2.13. The van der Waals surface area contributed by atoms with Crippen molar-refractivity contribution in [2.75, 3.05) is 13.6 Å². The average Bonchev–Trinajstić information content (AvgIpc) is 3.02. The van der Waals surface area contributed by atoms with Gasteiger partial charge in [0.05, 0.1) is 10.9 Å². The number of nitrogens with zero attached hydrogens (tertiary/aromatic N) is 1. The van der Waals surface area contributed by atoms with Gasteiger partial charge in [0.2, 0.25) is 5.91 Å². The third-order valence-electron chi connectivity index (χ3n) is 3.49. The van der Waals surface area contributed by atoms with Gasteiger partial charge in [0, 0.05) is 30.1 Å². The Morgan fingerprint density at radius 3 is 2.46 bits per heavy atom. The zero-order valence-electron chi connectivity index (χ0n) is 13.6. The van der Waals surface area contributed by atoms with Crippen molar-refractivity contribution in [3.05, 3.63) is 62.8 Å². The van der Waals surface area contributed by atoms with Crippen LogP contribution in [-0.2, 0) is 11.3 Å². The molecule has 2 amide bonds. The summed E-state index contributed by atoms with van der Waals surface area (Å²) in [6.07, 6.45) is 3.30. The van der Waals surface area contributed by atoms with Crippen molar-refractivity contribution in [2.24, 2.45) is 0 Å². The zero-order chi connectivity index (χ0) is 17.5. The summed E-state index contributed by atoms with van der Waals surface area (Å²) < 4.78 is 0.722. The maximum atomic E-state index is 12.3. The van der Waals surface area contributed by atoms with E-state index in [1.54, 1.807) is 36.2 Å². The van der Waals surface area contributed by atoms with Crippen molar-refractivity contribution >= 4 is 40.8 Å². The van der Waals surface area contributed by atoms with Gasteiger partial charge in [0.15, 0.2) is 0 Å². The Kier molecular flexibility index (Phi) is 6.58. The lowest BCUT2D eigenvalue weighted by atomic mass is 10.1. The molecule has 4 nitrogen and oxygen atoms in total. The molecule has 0 saturated carbocycles. The van der Waals surface area contributed by atoms with Crippen LogP contribution in [0.25, 0.3) is 6.08 Å². The van der Waals surface area contributed by atoms with Crippen molar-refractivity contribution in [2.45, 2.75) is 13.5 Å². The first-order valence-electron chi connectivity index (χ1n) is 7.56. The minimum Gasteiger partial charge on any atom is -0.355 e. The molecule has 2 rings (SSSR count). The highest BCUT2D eigenvalue weighted by atomic mass is 35.5. The number of halogens is 1. The molecule has 1 aromatic heterocycles. The summed E-state index contributed by atoms with van der Waals surface area (Å²) in [5, 5.41) is 2.57. The summed E-state index contributed by atoms with van der Waals surface area (Å²) in [5.41, 5.74) is 1.46. The highest BCUT2D eigenvalue weighted by molar-refractivity contribution is 7.16. The van der Waals surface area contributed by atoms with E-state index in [1.807, 2.05) is 31.2 Å². The molecule has 126 valence electrons. The Balaban J connectivity index is 2.01. The molecule has 24 heavy (non-hydrogen) atoms. The van der Waals surface area contributed by atoms with E-state index in [0.717, 1.165) is 14.8 Å². The van der Waals surface area contributed by atoms with Crippen LogP contribution >= 0.6 is 22.9 Å². The van der Waals surface area contributed by atoms with Gasteiger partial charge in [-0.3, -0.25) is 9.59 Å². The van der Waals surface area contributed by atoms with E-state index >= 15 is 0 Å². The van der Waals surface area contributed by atoms with Gasteiger partial charge >= 0.3 is 0 Å². The molecule has 0 unspecified atom stereocenters. The van der Waals surface area contributed by atoms with Crippen molar-refractivity contribution in [1.29, 1.82) is 0 Å². The molecule has 0 aliphatic rings. The quantitative estimate of drug-likeness (QED) is 0.794. The van der Waals surface area contributed by atoms with Crippen LogP contribution in [0.4, 0.5) is 0 Å². The number of rotatable bonds is 6. The van der Waals surface area contributed by atoms with Crippen LogP contribution in [0.2, 0.25) is 4.34 Å². The Hall–Kier alpha value is -2.11. The van der Waals surface area contributed by atoms with Crippen LogP contribution < -0.4 is 5.32 Å². The topological polar surface area (TPSA) is 49.4 Å². The predicted molar refractivity (Wildman–Crippen MR) is 99.3 cm³/mol. The first-order valence-corrected chi connectivity index (χ1v) is 8.76. The summed E-state index contributed by atoms with van der Waals surface area (Å²) in [5.74, 6) is -0.189. The second-order valence-corrected chi connectivity index (χ2v) is 6.89. The minimum atomic E-state index is -0.131. The Labute approximate surface area is 150 Å². The fourth-order valence-corrected chi connectivity index (χ4v) is 3.24. The molecule has 0 radical (unpaired) electrons. The molecular weight excluding hydrogens is 344 g/mol. The minimum absolute atomic E-state index is 0.0580. The molecule has 1 N–H and O–H groups in total. The molecule has 0 aliphatic carbocycles. The van der Waals surface area contributed by atoms with Crippen LogP contribution in [0.5, 0.6) is 0 Å². The number of likely N-dealkylation sites (N-methyl/N-ethyl adjacent to an activating group) is 1. The van der Waals surface area contributed by atoms with Crippen molar-refractivity contribution in [1.82, 2.24) is 10.2 Å². The summed E-state index contributed by atoms with van der Waals surface area (Å²) in [6, 6.07) is 10.9. The van der Waals surface area contributed by atoms with Crippen molar-refractivity contribution in [3.63, 3.8) is 0 Å². The van der Waals surface area contributed by atoms with E-state index in [9.17, 15) is 9.59 Å². The highest BCUT2D eigenvalue weighted by Crippen LogP contribution is 2.22. The van der Waals surface area contributed by atoms with Gasteiger partial charge in [-0.05, 0) is 42.8 Å². The molecule has 6 heteroatoms. The maximum Gasteiger partial charge on any atom is 0.251 e.